The van der Waals surface area contributed by atoms with Gasteiger partial charge in [-0.25, -0.2) is 0 Å². The second kappa shape index (κ2) is 5.48. The van der Waals surface area contributed by atoms with E-state index in [-0.39, 0.29) is 17.6 Å². The molecule has 0 radical (unpaired) electrons. The molecule has 104 valence electrons. The number of hydrogen-bond donors (Lipinski definition) is 2. The second-order valence-corrected chi connectivity index (χ2v) is 5.11. The topological polar surface area (TPSA) is 70.0 Å². The number of benzene rings is 1. The number of rotatable bonds is 4. The molecule has 1 aliphatic heterocycles. The molecule has 1 aromatic rings. The zero-order valence-electron chi connectivity index (χ0n) is 11.2. The van der Waals surface area contributed by atoms with Gasteiger partial charge in [0.1, 0.15) is 11.5 Å². The number of phenolic OH excluding ortho intramolecular Hbond substituents is 1. The Morgan fingerprint density at radius 2 is 2.21 bits per heavy atom. The third kappa shape index (κ3) is 2.98. The largest absolute Gasteiger partial charge is 0.507 e. The number of aliphatic carboxylic acids is 1. The summed E-state index contributed by atoms with van der Waals surface area (Å²) in [6.07, 6.45) is 0. The van der Waals surface area contributed by atoms with Crippen LogP contribution in [0.25, 0.3) is 0 Å². The summed E-state index contributed by atoms with van der Waals surface area (Å²) in [6.45, 7) is 3.78. The van der Waals surface area contributed by atoms with Crippen LogP contribution in [0.5, 0.6) is 11.5 Å². The number of hydrogen-bond acceptors (Lipinski definition) is 4. The maximum atomic E-state index is 11.1. The first-order chi connectivity index (χ1) is 9.01. The van der Waals surface area contributed by atoms with E-state index in [0.29, 0.717) is 18.8 Å². The van der Waals surface area contributed by atoms with Gasteiger partial charge in [-0.2, -0.15) is 0 Å². The third-order valence-corrected chi connectivity index (χ3v) is 3.69. The molecule has 2 rings (SSSR count). The molecule has 0 saturated carbocycles. The van der Waals surface area contributed by atoms with E-state index >= 15 is 0 Å². The van der Waals surface area contributed by atoms with Crippen molar-refractivity contribution in [3.8, 4) is 11.5 Å². The third-order valence-electron chi connectivity index (χ3n) is 3.69. The fourth-order valence-electron chi connectivity index (χ4n) is 2.56. The number of ether oxygens (including phenoxy) is 1. The fourth-order valence-corrected chi connectivity index (χ4v) is 2.56. The summed E-state index contributed by atoms with van der Waals surface area (Å²) in [6, 6.07) is 5.18. The Bertz CT molecular complexity index is 475. The highest BCUT2D eigenvalue weighted by Gasteiger charge is 2.34. The highest BCUT2D eigenvalue weighted by atomic mass is 16.5. The Balaban J connectivity index is 2.04. The Kier molecular flexibility index (Phi) is 3.95. The molecule has 2 atom stereocenters. The number of nitrogens with zero attached hydrogens (tertiary/aromatic N) is 1. The summed E-state index contributed by atoms with van der Waals surface area (Å²) in [5.41, 5.74) is 0.791. The van der Waals surface area contributed by atoms with Gasteiger partial charge in [-0.1, -0.05) is 13.0 Å². The Hall–Kier alpha value is -1.75. The van der Waals surface area contributed by atoms with Crippen molar-refractivity contribution >= 4 is 5.97 Å². The number of likely N-dealkylation sites (tertiary alicyclic amines) is 1. The summed E-state index contributed by atoms with van der Waals surface area (Å²) in [5.74, 6) is -0.127. The normalized spacial score (nSPS) is 23.5. The molecule has 0 aliphatic carbocycles. The van der Waals surface area contributed by atoms with E-state index < -0.39 is 5.97 Å². The summed E-state index contributed by atoms with van der Waals surface area (Å²) in [4.78, 5) is 13.1. The van der Waals surface area contributed by atoms with Crippen molar-refractivity contribution in [1.82, 2.24) is 4.90 Å². The van der Waals surface area contributed by atoms with E-state index in [9.17, 15) is 9.90 Å². The molecule has 5 heteroatoms. The number of phenols is 1. The lowest BCUT2D eigenvalue weighted by molar-refractivity contribution is -0.142. The van der Waals surface area contributed by atoms with Gasteiger partial charge >= 0.3 is 5.97 Å². The van der Waals surface area contributed by atoms with Gasteiger partial charge in [0.05, 0.1) is 13.0 Å². The molecule has 1 fully saturated rings. The smallest absolute Gasteiger partial charge is 0.308 e. The van der Waals surface area contributed by atoms with Crippen molar-refractivity contribution in [2.45, 2.75) is 13.5 Å². The number of carbonyl (C=O) groups is 1. The van der Waals surface area contributed by atoms with Crippen LogP contribution in [0.4, 0.5) is 0 Å². The van der Waals surface area contributed by atoms with Crippen LogP contribution < -0.4 is 4.74 Å². The average Bonchev–Trinajstić information content (AvgIpc) is 2.73. The molecule has 1 aliphatic rings. The minimum atomic E-state index is -0.742. The Labute approximate surface area is 112 Å². The lowest BCUT2D eigenvalue weighted by Gasteiger charge is -2.16. The zero-order valence-corrected chi connectivity index (χ0v) is 11.2. The minimum Gasteiger partial charge on any atom is -0.507 e. The van der Waals surface area contributed by atoms with Gasteiger partial charge in [0.15, 0.2) is 0 Å². The van der Waals surface area contributed by atoms with Crippen LogP contribution in [-0.2, 0) is 11.3 Å². The quantitative estimate of drug-likeness (QED) is 0.864. The number of aromatic hydroxyl groups is 1. The van der Waals surface area contributed by atoms with Crippen molar-refractivity contribution in [1.29, 1.82) is 0 Å². The van der Waals surface area contributed by atoms with Crippen LogP contribution in [0, 0.1) is 11.8 Å². The van der Waals surface area contributed by atoms with Crippen molar-refractivity contribution in [3.63, 3.8) is 0 Å². The predicted octanol–water partition coefficient (Wildman–Crippen LogP) is 1.55. The molecular formula is C14H19NO4. The van der Waals surface area contributed by atoms with Gasteiger partial charge < -0.3 is 14.9 Å². The molecule has 0 bridgehead atoms. The molecule has 2 unspecified atom stereocenters. The summed E-state index contributed by atoms with van der Waals surface area (Å²) in [5, 5.41) is 19.0. The number of methoxy groups -OCH3 is 1. The maximum absolute atomic E-state index is 11.1. The van der Waals surface area contributed by atoms with Crippen LogP contribution in [0.2, 0.25) is 0 Å². The van der Waals surface area contributed by atoms with E-state index in [2.05, 4.69) is 4.90 Å². The highest BCUT2D eigenvalue weighted by molar-refractivity contribution is 5.71. The van der Waals surface area contributed by atoms with Crippen LogP contribution in [0.15, 0.2) is 18.2 Å². The van der Waals surface area contributed by atoms with Gasteiger partial charge in [-0.05, 0) is 12.0 Å². The molecule has 1 aromatic carbocycles. The lowest BCUT2D eigenvalue weighted by Crippen LogP contribution is -2.23. The molecule has 19 heavy (non-hydrogen) atoms. The van der Waals surface area contributed by atoms with Gasteiger partial charge in [-0.15, -0.1) is 0 Å². The van der Waals surface area contributed by atoms with Crippen molar-refractivity contribution in [2.24, 2.45) is 11.8 Å². The first kappa shape index (κ1) is 13.7. The molecule has 0 amide bonds. The van der Waals surface area contributed by atoms with Gasteiger partial charge in [0, 0.05) is 31.3 Å². The Morgan fingerprint density at radius 1 is 1.47 bits per heavy atom. The summed E-state index contributed by atoms with van der Waals surface area (Å²) in [7, 11) is 1.55. The van der Waals surface area contributed by atoms with Crippen molar-refractivity contribution in [2.75, 3.05) is 20.2 Å². The summed E-state index contributed by atoms with van der Waals surface area (Å²) >= 11 is 0. The monoisotopic (exact) mass is 265 g/mol. The van der Waals surface area contributed by atoms with Gasteiger partial charge in [0.2, 0.25) is 0 Å². The molecule has 1 saturated heterocycles. The van der Waals surface area contributed by atoms with Crippen LogP contribution in [0.1, 0.15) is 12.5 Å². The van der Waals surface area contributed by atoms with Crippen LogP contribution in [0.3, 0.4) is 0 Å². The maximum Gasteiger partial charge on any atom is 0.308 e. The van der Waals surface area contributed by atoms with Crippen LogP contribution >= 0.6 is 0 Å². The first-order valence-corrected chi connectivity index (χ1v) is 6.32. The van der Waals surface area contributed by atoms with E-state index in [0.717, 1.165) is 12.1 Å². The number of carboxylic acids is 1. The Morgan fingerprint density at radius 3 is 2.74 bits per heavy atom. The van der Waals surface area contributed by atoms with Crippen molar-refractivity contribution in [3.05, 3.63) is 23.8 Å². The van der Waals surface area contributed by atoms with Crippen LogP contribution in [-0.4, -0.2) is 41.3 Å². The number of carboxylic acid groups (broad SMARTS) is 1. The summed E-state index contributed by atoms with van der Waals surface area (Å²) < 4.78 is 5.03. The second-order valence-electron chi connectivity index (χ2n) is 5.11. The molecule has 1 heterocycles. The van der Waals surface area contributed by atoms with Gasteiger partial charge in [-0.3, -0.25) is 9.69 Å². The molecule has 2 N–H and O–H groups in total. The van der Waals surface area contributed by atoms with E-state index in [1.807, 2.05) is 13.0 Å². The minimum absolute atomic E-state index is 0.137. The fraction of sp³-hybridized carbons (Fsp3) is 0.500. The molecule has 0 aromatic heterocycles. The molecule has 0 spiro atoms. The average molecular weight is 265 g/mol. The molecular weight excluding hydrogens is 246 g/mol. The first-order valence-electron chi connectivity index (χ1n) is 6.32. The van der Waals surface area contributed by atoms with E-state index in [1.165, 1.54) is 0 Å². The lowest BCUT2D eigenvalue weighted by atomic mass is 9.99. The molecule has 5 nitrogen and oxygen atoms in total. The van der Waals surface area contributed by atoms with E-state index in [4.69, 9.17) is 9.84 Å². The predicted molar refractivity (Wildman–Crippen MR) is 70.2 cm³/mol. The standard InChI is InChI=1S/C14H19NO4/c1-9-6-15(8-12(9)14(17)18)7-10-3-4-11(19-2)5-13(10)16/h3-5,9,12,16H,6-8H2,1-2H3,(H,17,18). The highest BCUT2D eigenvalue weighted by Crippen LogP contribution is 2.28. The van der Waals surface area contributed by atoms with E-state index in [1.54, 1.807) is 19.2 Å². The zero-order chi connectivity index (χ0) is 14.0. The van der Waals surface area contributed by atoms with Gasteiger partial charge in [0.25, 0.3) is 0 Å². The van der Waals surface area contributed by atoms with Crippen molar-refractivity contribution < 1.29 is 19.7 Å². The SMILES string of the molecule is COc1ccc(CN2CC(C)C(C(=O)O)C2)c(O)c1.